The van der Waals surface area contributed by atoms with Crippen molar-refractivity contribution < 1.29 is 32.9 Å². The number of benzene rings is 2. The van der Waals surface area contributed by atoms with Gasteiger partial charge in [0.2, 0.25) is 5.91 Å². The van der Waals surface area contributed by atoms with Gasteiger partial charge in [-0.2, -0.15) is 0 Å². The Labute approximate surface area is 204 Å². The van der Waals surface area contributed by atoms with Crippen molar-refractivity contribution in [2.45, 2.75) is 44.1 Å². The van der Waals surface area contributed by atoms with Gasteiger partial charge in [0.1, 0.15) is 17.4 Å². The lowest BCUT2D eigenvalue weighted by atomic mass is 10.0. The van der Waals surface area contributed by atoms with E-state index in [1.54, 1.807) is 11.9 Å². The Kier molecular flexibility index (Phi) is 8.67. The SMILES string of the molecule is CN(C(=O)Cc1ccc(F)cc1F)[C@H](CN1CC[C@H](O)C1)c1ccc(OCOC2CCCO2)cc1. The van der Waals surface area contributed by atoms with E-state index < -0.39 is 11.6 Å². The van der Waals surface area contributed by atoms with Crippen molar-refractivity contribution >= 4 is 5.91 Å². The number of β-amino-alcohol motifs (C(OH)–C–C–N with tert-alkyl or cyclic N) is 1. The summed E-state index contributed by atoms with van der Waals surface area (Å²) in [6.07, 6.45) is 1.74. The van der Waals surface area contributed by atoms with E-state index >= 15 is 0 Å². The molecule has 9 heteroatoms. The molecule has 0 radical (unpaired) electrons. The van der Waals surface area contributed by atoms with Gasteiger partial charge in [0.25, 0.3) is 0 Å². The molecule has 1 N–H and O–H groups in total. The molecule has 2 aromatic rings. The Morgan fingerprint density at radius 1 is 1.23 bits per heavy atom. The molecule has 4 rings (SSSR count). The first-order valence-electron chi connectivity index (χ1n) is 11.9. The predicted molar refractivity (Wildman–Crippen MR) is 125 cm³/mol. The van der Waals surface area contributed by atoms with E-state index in [1.807, 2.05) is 24.3 Å². The lowest BCUT2D eigenvalue weighted by molar-refractivity contribution is -0.149. The molecule has 0 aromatic heterocycles. The molecule has 0 bridgehead atoms. The molecule has 2 saturated heterocycles. The summed E-state index contributed by atoms with van der Waals surface area (Å²) in [5, 5.41) is 9.94. The van der Waals surface area contributed by atoms with Crippen LogP contribution >= 0.6 is 0 Å². The molecule has 190 valence electrons. The lowest BCUT2D eigenvalue weighted by Crippen LogP contribution is -2.39. The van der Waals surface area contributed by atoms with E-state index in [4.69, 9.17) is 14.2 Å². The van der Waals surface area contributed by atoms with E-state index in [9.17, 15) is 18.7 Å². The zero-order valence-electron chi connectivity index (χ0n) is 19.9. The smallest absolute Gasteiger partial charge is 0.227 e. The Hall–Kier alpha value is -2.59. The maximum atomic E-state index is 14.1. The average molecular weight is 491 g/mol. The summed E-state index contributed by atoms with van der Waals surface area (Å²) in [4.78, 5) is 16.8. The molecule has 0 saturated carbocycles. The molecule has 35 heavy (non-hydrogen) atoms. The summed E-state index contributed by atoms with van der Waals surface area (Å²) in [7, 11) is 1.68. The number of likely N-dealkylation sites (N-methyl/N-ethyl adjacent to an activating group) is 1. The number of amides is 1. The number of hydrogen-bond donors (Lipinski definition) is 1. The van der Waals surface area contributed by atoms with Crippen molar-refractivity contribution in [1.82, 2.24) is 9.80 Å². The number of aliphatic hydroxyl groups excluding tert-OH is 1. The maximum Gasteiger partial charge on any atom is 0.227 e. The van der Waals surface area contributed by atoms with Crippen molar-refractivity contribution in [2.24, 2.45) is 0 Å². The predicted octanol–water partition coefficient (Wildman–Crippen LogP) is 3.26. The van der Waals surface area contributed by atoms with Crippen molar-refractivity contribution in [2.75, 3.05) is 40.1 Å². The number of ether oxygens (including phenoxy) is 3. The van der Waals surface area contributed by atoms with Gasteiger partial charge in [0.05, 0.1) is 18.6 Å². The third kappa shape index (κ3) is 6.98. The molecular formula is C26H32F2N2O5. The van der Waals surface area contributed by atoms with Crippen LogP contribution in [0.3, 0.4) is 0 Å². The number of likely N-dealkylation sites (tertiary alicyclic amines) is 1. The van der Waals surface area contributed by atoms with E-state index in [2.05, 4.69) is 4.90 Å². The summed E-state index contributed by atoms with van der Waals surface area (Å²) >= 11 is 0. The Morgan fingerprint density at radius 3 is 2.69 bits per heavy atom. The number of carbonyl (C=O) groups excluding carboxylic acids is 1. The van der Waals surface area contributed by atoms with Crippen LogP contribution in [0.4, 0.5) is 8.78 Å². The van der Waals surface area contributed by atoms with Crippen LogP contribution in [-0.2, 0) is 20.7 Å². The molecule has 0 aliphatic carbocycles. The van der Waals surface area contributed by atoms with Gasteiger partial charge in [-0.1, -0.05) is 18.2 Å². The first kappa shape index (κ1) is 25.5. The molecule has 3 atom stereocenters. The second-order valence-electron chi connectivity index (χ2n) is 9.08. The van der Waals surface area contributed by atoms with E-state index in [1.165, 1.54) is 6.07 Å². The fourth-order valence-electron chi connectivity index (χ4n) is 4.44. The molecule has 2 heterocycles. The van der Waals surface area contributed by atoms with Crippen molar-refractivity contribution in [3.05, 3.63) is 65.2 Å². The zero-order chi connectivity index (χ0) is 24.8. The number of aliphatic hydroxyl groups is 1. The summed E-state index contributed by atoms with van der Waals surface area (Å²) in [6.45, 7) is 2.57. The number of carbonyl (C=O) groups is 1. The molecular weight excluding hydrogens is 458 g/mol. The highest BCUT2D eigenvalue weighted by Gasteiger charge is 2.28. The van der Waals surface area contributed by atoms with Crippen LogP contribution in [0.2, 0.25) is 0 Å². The van der Waals surface area contributed by atoms with Gasteiger partial charge in [0, 0.05) is 45.8 Å². The minimum atomic E-state index is -0.738. The highest BCUT2D eigenvalue weighted by Crippen LogP contribution is 2.26. The molecule has 2 fully saturated rings. The first-order valence-corrected chi connectivity index (χ1v) is 11.9. The minimum absolute atomic E-state index is 0.0841. The van der Waals surface area contributed by atoms with Crippen LogP contribution in [0.15, 0.2) is 42.5 Å². The molecule has 0 spiro atoms. The van der Waals surface area contributed by atoms with Crippen LogP contribution in [0, 0.1) is 11.6 Å². The molecule has 1 amide bonds. The van der Waals surface area contributed by atoms with Crippen molar-refractivity contribution in [3.8, 4) is 5.75 Å². The normalized spacial score (nSPS) is 21.3. The fraction of sp³-hybridized carbons (Fsp3) is 0.500. The Balaban J connectivity index is 1.43. The highest BCUT2D eigenvalue weighted by molar-refractivity contribution is 5.79. The van der Waals surface area contributed by atoms with Gasteiger partial charge >= 0.3 is 0 Å². The summed E-state index contributed by atoms with van der Waals surface area (Å²) < 4.78 is 44.0. The largest absolute Gasteiger partial charge is 0.467 e. The van der Waals surface area contributed by atoms with Crippen LogP contribution in [-0.4, -0.2) is 73.3 Å². The quantitative estimate of drug-likeness (QED) is 0.516. The number of nitrogens with zero attached hydrogens (tertiary/aromatic N) is 2. The van der Waals surface area contributed by atoms with Gasteiger partial charge in [-0.3, -0.25) is 9.69 Å². The summed E-state index contributed by atoms with van der Waals surface area (Å²) in [5.41, 5.74) is 1.03. The number of halogens is 2. The first-order chi connectivity index (χ1) is 16.9. The van der Waals surface area contributed by atoms with Crippen LogP contribution in [0.5, 0.6) is 5.75 Å². The van der Waals surface area contributed by atoms with Crippen LogP contribution < -0.4 is 4.74 Å². The van der Waals surface area contributed by atoms with Crippen LogP contribution in [0.1, 0.15) is 36.4 Å². The fourth-order valence-corrected chi connectivity index (χ4v) is 4.44. The minimum Gasteiger partial charge on any atom is -0.467 e. The van der Waals surface area contributed by atoms with Gasteiger partial charge in [-0.05, 0) is 42.2 Å². The standard InChI is InChI=1S/C26H32F2N2O5/c1-29(25(32)13-19-4-7-20(27)14-23(19)28)24(16-30-11-10-21(31)15-30)18-5-8-22(9-6-18)34-17-35-26-3-2-12-33-26/h4-9,14,21,24,26,31H,2-3,10-13,15-17H2,1H3/t21-,24+,26?/m0/s1. The Morgan fingerprint density at radius 2 is 2.03 bits per heavy atom. The second-order valence-corrected chi connectivity index (χ2v) is 9.08. The number of rotatable bonds is 10. The van der Waals surface area contributed by atoms with Gasteiger partial charge in [0.15, 0.2) is 13.1 Å². The topological polar surface area (TPSA) is 71.5 Å². The monoisotopic (exact) mass is 490 g/mol. The molecule has 2 aliphatic rings. The molecule has 7 nitrogen and oxygen atoms in total. The number of hydrogen-bond acceptors (Lipinski definition) is 6. The summed E-state index contributed by atoms with van der Waals surface area (Å²) in [5.74, 6) is -1.08. The highest BCUT2D eigenvalue weighted by atomic mass is 19.1. The molecule has 1 unspecified atom stereocenters. The Bertz CT molecular complexity index is 984. The van der Waals surface area contributed by atoms with Crippen LogP contribution in [0.25, 0.3) is 0 Å². The molecule has 2 aliphatic heterocycles. The lowest BCUT2D eigenvalue weighted by Gasteiger charge is -2.32. The van der Waals surface area contributed by atoms with Crippen molar-refractivity contribution in [1.29, 1.82) is 0 Å². The van der Waals surface area contributed by atoms with Crippen molar-refractivity contribution in [3.63, 3.8) is 0 Å². The zero-order valence-corrected chi connectivity index (χ0v) is 19.9. The molecule has 2 aromatic carbocycles. The average Bonchev–Trinajstić information content (AvgIpc) is 3.51. The van der Waals surface area contributed by atoms with E-state index in [0.717, 1.165) is 37.1 Å². The van der Waals surface area contributed by atoms with Gasteiger partial charge < -0.3 is 24.2 Å². The summed E-state index contributed by atoms with van der Waals surface area (Å²) in [6, 6.07) is 10.3. The second kappa shape index (κ2) is 11.9. The van der Waals surface area contributed by atoms with Gasteiger partial charge in [-0.15, -0.1) is 0 Å². The van der Waals surface area contributed by atoms with E-state index in [-0.39, 0.29) is 43.1 Å². The third-order valence-corrected chi connectivity index (χ3v) is 6.53. The maximum absolute atomic E-state index is 14.1. The van der Waals surface area contributed by atoms with Gasteiger partial charge in [-0.25, -0.2) is 8.78 Å². The third-order valence-electron chi connectivity index (χ3n) is 6.53. The van der Waals surface area contributed by atoms with E-state index in [0.29, 0.717) is 31.9 Å².